The standard InChI is InChI=1S/C34H46N4O7Si/c1-23-32(46(5,6)27-13-10-25(42-2)11-14-27)30(16-19-37-22-24(17-20-39)35-36-37)45-34(23)28-21-26(43-3)12-15-29(28)38(33(34)41)18-8-7-9-31(40)44-4/h10-15,21-23,30,32,39H,7-9,16-20H2,1-6H3/t23-,30+,32-,34+/m0/s1. The summed E-state index contributed by atoms with van der Waals surface area (Å²) < 4.78 is 24.9. The van der Waals surface area contributed by atoms with Crippen LogP contribution < -0.4 is 19.6 Å². The molecule has 1 fully saturated rings. The van der Waals surface area contributed by atoms with Gasteiger partial charge >= 0.3 is 5.97 Å². The summed E-state index contributed by atoms with van der Waals surface area (Å²) in [5, 5.41) is 19.1. The zero-order valence-electron chi connectivity index (χ0n) is 27.7. The summed E-state index contributed by atoms with van der Waals surface area (Å²) in [6, 6.07) is 14.1. The number of fused-ring (bicyclic) bond motifs is 2. The van der Waals surface area contributed by atoms with Crippen LogP contribution in [0.1, 0.15) is 43.9 Å². The van der Waals surface area contributed by atoms with Crippen molar-refractivity contribution in [1.29, 1.82) is 0 Å². The van der Waals surface area contributed by atoms with Gasteiger partial charge in [-0.05, 0) is 55.1 Å². The molecule has 3 heterocycles. The highest BCUT2D eigenvalue weighted by atomic mass is 28.3. The number of anilines is 1. The Morgan fingerprint density at radius 2 is 1.76 bits per heavy atom. The van der Waals surface area contributed by atoms with Crippen molar-refractivity contribution in [2.45, 2.75) is 75.9 Å². The molecule has 2 aliphatic rings. The molecule has 1 amide bonds. The molecule has 12 heteroatoms. The van der Waals surface area contributed by atoms with Gasteiger partial charge in [0.05, 0.1) is 46.9 Å². The molecule has 1 aromatic heterocycles. The van der Waals surface area contributed by atoms with E-state index in [-0.39, 0.29) is 36.0 Å². The molecule has 11 nitrogen and oxygen atoms in total. The predicted molar refractivity (Wildman–Crippen MR) is 176 cm³/mol. The van der Waals surface area contributed by atoms with E-state index in [9.17, 15) is 14.7 Å². The lowest BCUT2D eigenvalue weighted by Gasteiger charge is -2.37. The second kappa shape index (κ2) is 13.9. The molecule has 46 heavy (non-hydrogen) atoms. The highest BCUT2D eigenvalue weighted by molar-refractivity contribution is 6.91. The molecule has 0 saturated carbocycles. The van der Waals surface area contributed by atoms with E-state index in [1.807, 2.05) is 41.4 Å². The van der Waals surface area contributed by atoms with Crippen LogP contribution in [0.15, 0.2) is 48.7 Å². The fourth-order valence-electron chi connectivity index (χ4n) is 7.49. The molecule has 0 aliphatic carbocycles. The molecule has 1 N–H and O–H groups in total. The van der Waals surface area contributed by atoms with Gasteiger partial charge in [0, 0.05) is 50.2 Å². The number of carbonyl (C=O) groups excluding carboxylic acids is 2. The fourth-order valence-corrected chi connectivity index (χ4v) is 11.5. The topological polar surface area (TPSA) is 125 Å². The summed E-state index contributed by atoms with van der Waals surface area (Å²) in [5.41, 5.74) is 1.27. The minimum atomic E-state index is -2.30. The number of esters is 1. The Labute approximate surface area is 271 Å². The first-order valence-electron chi connectivity index (χ1n) is 16.0. The maximum Gasteiger partial charge on any atom is 0.305 e. The number of nitrogens with zero attached hydrogens (tertiary/aromatic N) is 4. The smallest absolute Gasteiger partial charge is 0.305 e. The van der Waals surface area contributed by atoms with Crippen LogP contribution in [0.4, 0.5) is 5.69 Å². The van der Waals surface area contributed by atoms with Gasteiger partial charge in [-0.2, -0.15) is 0 Å². The molecule has 1 saturated heterocycles. The van der Waals surface area contributed by atoms with Gasteiger partial charge in [-0.3, -0.25) is 14.3 Å². The van der Waals surface area contributed by atoms with Crippen molar-refractivity contribution < 1.29 is 33.6 Å². The van der Waals surface area contributed by atoms with Crippen LogP contribution in [-0.2, 0) is 37.6 Å². The molecule has 0 unspecified atom stereocenters. The van der Waals surface area contributed by atoms with E-state index in [1.54, 1.807) is 18.9 Å². The first-order chi connectivity index (χ1) is 22.1. The molecule has 5 rings (SSSR count). The number of aliphatic hydroxyl groups excluding tert-OH is 1. The second-order valence-electron chi connectivity index (χ2n) is 12.8. The van der Waals surface area contributed by atoms with E-state index in [1.165, 1.54) is 12.3 Å². The summed E-state index contributed by atoms with van der Waals surface area (Å²) in [6.07, 6.45) is 4.27. The van der Waals surface area contributed by atoms with Crippen molar-refractivity contribution in [3.63, 3.8) is 0 Å². The number of hydrogen-bond acceptors (Lipinski definition) is 9. The van der Waals surface area contributed by atoms with Crippen LogP contribution in [0.2, 0.25) is 18.6 Å². The SMILES string of the molecule is COC(=O)CCCCN1C(=O)[C@]2(O[C@H](CCn3cc(CCO)nn3)[C@@H]([Si](C)(C)c3ccc(OC)cc3)[C@@H]2C)c2cc(OC)ccc21. The predicted octanol–water partition coefficient (Wildman–Crippen LogP) is 3.83. The minimum Gasteiger partial charge on any atom is -0.497 e. The third kappa shape index (κ3) is 6.17. The molecule has 0 bridgehead atoms. The number of hydrogen-bond donors (Lipinski definition) is 1. The van der Waals surface area contributed by atoms with Crippen molar-refractivity contribution in [3.05, 3.63) is 59.9 Å². The monoisotopic (exact) mass is 650 g/mol. The number of ether oxygens (including phenoxy) is 4. The van der Waals surface area contributed by atoms with E-state index in [2.05, 4.69) is 42.5 Å². The molecule has 3 aromatic rings. The van der Waals surface area contributed by atoms with Gasteiger partial charge in [-0.15, -0.1) is 5.10 Å². The summed E-state index contributed by atoms with van der Waals surface area (Å²) in [6.45, 7) is 7.92. The van der Waals surface area contributed by atoms with Gasteiger partial charge < -0.3 is 29.0 Å². The van der Waals surface area contributed by atoms with Crippen molar-refractivity contribution >= 4 is 30.8 Å². The van der Waals surface area contributed by atoms with E-state index < -0.39 is 13.7 Å². The third-order valence-electron chi connectivity index (χ3n) is 9.88. The zero-order valence-corrected chi connectivity index (χ0v) is 28.7. The number of amides is 1. The number of aromatic nitrogens is 3. The van der Waals surface area contributed by atoms with Gasteiger partial charge in [0.25, 0.3) is 5.91 Å². The van der Waals surface area contributed by atoms with Gasteiger partial charge in [-0.25, -0.2) is 0 Å². The molecule has 248 valence electrons. The number of carbonyl (C=O) groups is 2. The lowest BCUT2D eigenvalue weighted by atomic mass is 9.82. The Kier molecular flexibility index (Phi) is 10.2. The van der Waals surface area contributed by atoms with Crippen molar-refractivity contribution in [2.75, 3.05) is 39.4 Å². The number of unbranched alkanes of at least 4 members (excludes halogenated alkanes) is 1. The Balaban J connectivity index is 1.53. The molecular formula is C34H46N4O7Si. The van der Waals surface area contributed by atoms with Crippen LogP contribution in [0.3, 0.4) is 0 Å². The maximum atomic E-state index is 14.8. The second-order valence-corrected chi connectivity index (χ2v) is 17.5. The first-order valence-corrected chi connectivity index (χ1v) is 19.1. The quantitative estimate of drug-likeness (QED) is 0.158. The normalized spacial score (nSPS) is 22.4. The highest BCUT2D eigenvalue weighted by Gasteiger charge is 2.66. The summed E-state index contributed by atoms with van der Waals surface area (Å²) in [4.78, 5) is 28.4. The maximum absolute atomic E-state index is 14.8. The average molecular weight is 651 g/mol. The Bertz CT molecular complexity index is 1530. The summed E-state index contributed by atoms with van der Waals surface area (Å²) >= 11 is 0. The zero-order chi connectivity index (χ0) is 33.1. The van der Waals surface area contributed by atoms with Gasteiger partial charge in [0.15, 0.2) is 5.60 Å². The lowest BCUT2D eigenvalue weighted by Crippen LogP contribution is -2.52. The van der Waals surface area contributed by atoms with Crippen molar-refractivity contribution in [1.82, 2.24) is 15.0 Å². The largest absolute Gasteiger partial charge is 0.497 e. The van der Waals surface area contributed by atoms with E-state index in [0.29, 0.717) is 50.9 Å². The van der Waals surface area contributed by atoms with E-state index >= 15 is 0 Å². The fraction of sp³-hybridized carbons (Fsp3) is 0.529. The van der Waals surface area contributed by atoms with E-state index in [4.69, 9.17) is 18.9 Å². The lowest BCUT2D eigenvalue weighted by molar-refractivity contribution is -0.146. The van der Waals surface area contributed by atoms with Gasteiger partial charge in [-0.1, -0.05) is 42.6 Å². The van der Waals surface area contributed by atoms with Crippen LogP contribution >= 0.6 is 0 Å². The summed E-state index contributed by atoms with van der Waals surface area (Å²) in [5.74, 6) is 0.992. The van der Waals surface area contributed by atoms with Crippen LogP contribution in [0.5, 0.6) is 11.5 Å². The Morgan fingerprint density at radius 1 is 1.04 bits per heavy atom. The van der Waals surface area contributed by atoms with Crippen LogP contribution in [-0.4, -0.2) is 80.6 Å². The third-order valence-corrected chi connectivity index (χ3v) is 14.2. The summed E-state index contributed by atoms with van der Waals surface area (Å²) in [7, 11) is 2.38. The average Bonchev–Trinajstić information content (AvgIpc) is 3.71. The van der Waals surface area contributed by atoms with E-state index in [0.717, 1.165) is 22.7 Å². The Morgan fingerprint density at radius 3 is 2.43 bits per heavy atom. The molecule has 1 spiro atoms. The van der Waals surface area contributed by atoms with Crippen molar-refractivity contribution in [3.8, 4) is 11.5 Å². The number of benzene rings is 2. The van der Waals surface area contributed by atoms with Gasteiger partial charge in [0.1, 0.15) is 11.5 Å². The van der Waals surface area contributed by atoms with Crippen molar-refractivity contribution in [2.24, 2.45) is 5.92 Å². The van der Waals surface area contributed by atoms with Crippen LogP contribution in [0.25, 0.3) is 0 Å². The molecule has 0 radical (unpaired) electrons. The minimum absolute atomic E-state index is 0.0123. The van der Waals surface area contributed by atoms with Gasteiger partial charge in [0.2, 0.25) is 0 Å². The molecular weight excluding hydrogens is 604 g/mol. The molecule has 2 aliphatic heterocycles. The number of aryl methyl sites for hydroxylation is 1. The number of methoxy groups -OCH3 is 3. The number of rotatable bonds is 14. The number of aliphatic hydroxyl groups is 1. The van der Waals surface area contributed by atoms with Crippen LogP contribution in [0, 0.1) is 5.92 Å². The molecule has 2 aromatic carbocycles. The first kappa shape index (κ1) is 33.6. The highest BCUT2D eigenvalue weighted by Crippen LogP contribution is 2.60. The molecule has 4 atom stereocenters. The Hall–Kier alpha value is -3.74.